The van der Waals surface area contributed by atoms with Crippen LogP contribution in [0.2, 0.25) is 5.15 Å². The number of carbonyl (C=O) groups is 1. The molecule has 94 valence electrons. The first kappa shape index (κ1) is 12.5. The molecule has 2 heterocycles. The lowest BCUT2D eigenvalue weighted by Crippen LogP contribution is -2.19. The maximum absolute atomic E-state index is 11.7. The summed E-state index contributed by atoms with van der Waals surface area (Å²) in [6.45, 7) is 0.356. The fourth-order valence-electron chi connectivity index (χ4n) is 1.34. The Hall–Kier alpha value is -1.99. The molecule has 2 aromatic heterocycles. The minimum absolute atomic E-state index is 0.0624. The highest BCUT2D eigenvalue weighted by molar-refractivity contribution is 6.29. The van der Waals surface area contributed by atoms with Crippen LogP contribution >= 0.6 is 11.6 Å². The molecule has 0 aliphatic carbocycles. The van der Waals surface area contributed by atoms with E-state index in [0.717, 1.165) is 0 Å². The number of aromatic nitrogens is 4. The molecule has 3 N–H and O–H groups in total. The van der Waals surface area contributed by atoms with E-state index in [-0.39, 0.29) is 12.5 Å². The zero-order valence-corrected chi connectivity index (χ0v) is 10.1. The molecule has 0 atom stereocenters. The van der Waals surface area contributed by atoms with Crippen molar-refractivity contribution in [1.29, 1.82) is 0 Å². The summed E-state index contributed by atoms with van der Waals surface area (Å²) in [5, 5.41) is 10.6. The molecule has 0 aromatic carbocycles. The van der Waals surface area contributed by atoms with E-state index in [1.54, 1.807) is 18.3 Å². The maximum atomic E-state index is 11.7. The molecular weight excluding hydrogens is 256 g/mol. The van der Waals surface area contributed by atoms with Crippen molar-refractivity contribution in [2.75, 3.05) is 5.32 Å². The van der Waals surface area contributed by atoms with Crippen molar-refractivity contribution in [3.63, 3.8) is 0 Å². The minimum Gasteiger partial charge on any atom is -0.325 e. The quantitative estimate of drug-likeness (QED) is 0.782. The molecule has 0 fully saturated rings. The fourth-order valence-corrected chi connectivity index (χ4v) is 1.51. The van der Waals surface area contributed by atoms with Crippen LogP contribution in [-0.4, -0.2) is 25.9 Å². The third-order valence-corrected chi connectivity index (χ3v) is 2.32. The summed E-state index contributed by atoms with van der Waals surface area (Å²) < 4.78 is 1.42. The summed E-state index contributed by atoms with van der Waals surface area (Å²) in [5.41, 5.74) is 6.61. The molecule has 7 nitrogen and oxygen atoms in total. The average molecular weight is 267 g/mol. The molecule has 0 bridgehead atoms. The van der Waals surface area contributed by atoms with Crippen LogP contribution in [0.5, 0.6) is 0 Å². The molecule has 8 heteroatoms. The van der Waals surface area contributed by atoms with Crippen molar-refractivity contribution in [2.24, 2.45) is 5.73 Å². The second-order valence-electron chi connectivity index (χ2n) is 3.53. The lowest BCUT2D eigenvalue weighted by molar-refractivity contribution is -0.116. The van der Waals surface area contributed by atoms with Crippen LogP contribution in [0.1, 0.15) is 5.69 Å². The average Bonchev–Trinajstić information content (AvgIpc) is 2.76. The van der Waals surface area contributed by atoms with Gasteiger partial charge in [0.2, 0.25) is 5.91 Å². The molecule has 0 unspecified atom stereocenters. The Balaban J connectivity index is 1.96. The first-order chi connectivity index (χ1) is 8.67. The summed E-state index contributed by atoms with van der Waals surface area (Å²) in [6.07, 6.45) is 3.14. The van der Waals surface area contributed by atoms with Gasteiger partial charge in [0.25, 0.3) is 0 Å². The number of anilines is 1. The van der Waals surface area contributed by atoms with Gasteiger partial charge < -0.3 is 11.1 Å². The Kier molecular flexibility index (Phi) is 3.85. The highest BCUT2D eigenvalue weighted by atomic mass is 35.5. The summed E-state index contributed by atoms with van der Waals surface area (Å²) in [4.78, 5) is 15.5. The SMILES string of the molecule is NCc1cn(CC(=O)Nc2ccnc(Cl)c2)nn1. The van der Waals surface area contributed by atoms with Crippen molar-refractivity contribution in [3.8, 4) is 0 Å². The van der Waals surface area contributed by atoms with Crippen molar-refractivity contribution in [3.05, 3.63) is 35.4 Å². The zero-order valence-electron chi connectivity index (χ0n) is 9.38. The molecule has 0 saturated carbocycles. The topological polar surface area (TPSA) is 98.7 Å². The van der Waals surface area contributed by atoms with Crippen LogP contribution in [0.15, 0.2) is 24.5 Å². The van der Waals surface area contributed by atoms with Gasteiger partial charge in [-0.15, -0.1) is 5.10 Å². The Morgan fingerprint density at radius 1 is 1.56 bits per heavy atom. The molecule has 18 heavy (non-hydrogen) atoms. The van der Waals surface area contributed by atoms with Gasteiger partial charge in [-0.1, -0.05) is 16.8 Å². The molecule has 2 aromatic rings. The lowest BCUT2D eigenvalue weighted by atomic mass is 10.4. The van der Waals surface area contributed by atoms with E-state index in [0.29, 0.717) is 23.1 Å². The Morgan fingerprint density at radius 2 is 2.39 bits per heavy atom. The van der Waals surface area contributed by atoms with Crippen LogP contribution in [-0.2, 0) is 17.9 Å². The van der Waals surface area contributed by atoms with Gasteiger partial charge in [-0.3, -0.25) is 4.79 Å². The number of hydrogen-bond donors (Lipinski definition) is 2. The van der Waals surface area contributed by atoms with E-state index in [2.05, 4.69) is 20.6 Å². The highest BCUT2D eigenvalue weighted by Crippen LogP contribution is 2.11. The number of halogens is 1. The number of nitrogens with two attached hydrogens (primary N) is 1. The molecule has 0 aliphatic heterocycles. The van der Waals surface area contributed by atoms with E-state index in [1.807, 2.05) is 0 Å². The molecule has 0 radical (unpaired) electrons. The number of amides is 1. The van der Waals surface area contributed by atoms with Gasteiger partial charge in [-0.25, -0.2) is 9.67 Å². The third-order valence-electron chi connectivity index (χ3n) is 2.11. The minimum atomic E-state index is -0.231. The third kappa shape index (κ3) is 3.25. The monoisotopic (exact) mass is 266 g/mol. The molecule has 2 rings (SSSR count). The number of carbonyl (C=O) groups excluding carboxylic acids is 1. The Bertz CT molecular complexity index is 555. The van der Waals surface area contributed by atoms with Gasteiger partial charge in [0.1, 0.15) is 11.7 Å². The standard InChI is InChI=1S/C10H11ClN6O/c11-9-3-7(1-2-13-9)14-10(18)6-17-5-8(4-12)15-16-17/h1-3,5H,4,6,12H2,(H,13,14,18). The molecule has 0 saturated heterocycles. The Morgan fingerprint density at radius 3 is 3.06 bits per heavy atom. The lowest BCUT2D eigenvalue weighted by Gasteiger charge is -2.04. The van der Waals surface area contributed by atoms with Gasteiger partial charge in [0.05, 0.1) is 11.9 Å². The van der Waals surface area contributed by atoms with Gasteiger partial charge in [0.15, 0.2) is 0 Å². The molecule has 0 spiro atoms. The van der Waals surface area contributed by atoms with Gasteiger partial charge in [-0.05, 0) is 12.1 Å². The highest BCUT2D eigenvalue weighted by Gasteiger charge is 2.06. The number of nitrogens with one attached hydrogen (secondary N) is 1. The van der Waals surface area contributed by atoms with Crippen molar-refractivity contribution >= 4 is 23.2 Å². The number of nitrogens with zero attached hydrogens (tertiary/aromatic N) is 4. The number of hydrogen-bond acceptors (Lipinski definition) is 5. The maximum Gasteiger partial charge on any atom is 0.246 e. The van der Waals surface area contributed by atoms with Crippen molar-refractivity contribution in [1.82, 2.24) is 20.0 Å². The Labute approximate surface area is 108 Å². The number of pyridine rings is 1. The van der Waals surface area contributed by atoms with Crippen LogP contribution in [0.3, 0.4) is 0 Å². The summed E-state index contributed by atoms with van der Waals surface area (Å²) in [6, 6.07) is 3.21. The van der Waals surface area contributed by atoms with E-state index >= 15 is 0 Å². The van der Waals surface area contributed by atoms with Crippen LogP contribution in [0.25, 0.3) is 0 Å². The van der Waals surface area contributed by atoms with Gasteiger partial charge in [0, 0.05) is 18.4 Å². The van der Waals surface area contributed by atoms with Crippen LogP contribution in [0, 0.1) is 0 Å². The molecule has 1 amide bonds. The second kappa shape index (κ2) is 5.56. The number of rotatable bonds is 4. The summed E-state index contributed by atoms with van der Waals surface area (Å²) in [7, 11) is 0. The van der Waals surface area contributed by atoms with E-state index in [4.69, 9.17) is 17.3 Å². The van der Waals surface area contributed by atoms with E-state index in [9.17, 15) is 4.79 Å². The normalized spacial score (nSPS) is 10.3. The summed E-state index contributed by atoms with van der Waals surface area (Å²) >= 11 is 5.71. The van der Waals surface area contributed by atoms with Crippen LogP contribution in [0.4, 0.5) is 5.69 Å². The summed E-state index contributed by atoms with van der Waals surface area (Å²) in [5.74, 6) is -0.231. The first-order valence-electron chi connectivity index (χ1n) is 5.18. The largest absolute Gasteiger partial charge is 0.325 e. The van der Waals surface area contributed by atoms with Crippen molar-refractivity contribution < 1.29 is 4.79 Å². The fraction of sp³-hybridized carbons (Fsp3) is 0.200. The predicted molar refractivity (Wildman–Crippen MR) is 65.8 cm³/mol. The van der Waals surface area contributed by atoms with Crippen LogP contribution < -0.4 is 11.1 Å². The molecular formula is C10H11ClN6O. The van der Waals surface area contributed by atoms with E-state index < -0.39 is 0 Å². The first-order valence-corrected chi connectivity index (χ1v) is 5.55. The van der Waals surface area contributed by atoms with Crippen molar-refractivity contribution in [2.45, 2.75) is 13.1 Å². The van der Waals surface area contributed by atoms with E-state index in [1.165, 1.54) is 10.9 Å². The smallest absolute Gasteiger partial charge is 0.246 e. The van der Waals surface area contributed by atoms with Gasteiger partial charge in [-0.2, -0.15) is 0 Å². The predicted octanol–water partition coefficient (Wildman–Crippen LogP) is 0.424. The zero-order chi connectivity index (χ0) is 13.0. The molecule has 0 aliphatic rings. The second-order valence-corrected chi connectivity index (χ2v) is 3.91. The van der Waals surface area contributed by atoms with Gasteiger partial charge >= 0.3 is 0 Å².